The molecule has 0 aliphatic carbocycles. The minimum Gasteiger partial charge on any atom is -0.508 e. The first-order chi connectivity index (χ1) is 15.1. The third-order valence-corrected chi connectivity index (χ3v) is 5.16. The molecule has 32 heavy (non-hydrogen) atoms. The number of hydrogen-bond acceptors (Lipinski definition) is 7. The maximum atomic E-state index is 12.8. The van der Waals surface area contributed by atoms with Crippen molar-refractivity contribution in [2.24, 2.45) is 0 Å². The van der Waals surface area contributed by atoms with Crippen LogP contribution in [0.2, 0.25) is 0 Å². The second kappa shape index (κ2) is 8.12. The van der Waals surface area contributed by atoms with Crippen molar-refractivity contribution in [2.75, 3.05) is 20.1 Å². The number of halogens is 3. The molecule has 3 aromatic rings. The molecule has 2 aromatic carbocycles. The molecule has 0 saturated heterocycles. The molecule has 10 heteroatoms. The molecule has 0 saturated carbocycles. The largest absolute Gasteiger partial charge is 0.508 e. The zero-order chi connectivity index (χ0) is 23.0. The van der Waals surface area contributed by atoms with E-state index in [1.165, 1.54) is 18.2 Å². The summed E-state index contributed by atoms with van der Waals surface area (Å²) < 4.78 is 42.8. The molecule has 0 unspecified atom stereocenters. The Morgan fingerprint density at radius 3 is 2.44 bits per heavy atom. The van der Waals surface area contributed by atoms with Crippen molar-refractivity contribution in [3.8, 4) is 28.5 Å². The SMILES string of the molecule is CN1CC=C(c2ccc(-c3cc4ccc(O)cc4c(OC(=O)C(F)(F)F)c3O)nn2)CC1. The van der Waals surface area contributed by atoms with Crippen LogP contribution in [0.25, 0.3) is 27.6 Å². The fourth-order valence-corrected chi connectivity index (χ4v) is 3.44. The second-order valence-corrected chi connectivity index (χ2v) is 7.44. The zero-order valence-electron chi connectivity index (χ0n) is 16.8. The summed E-state index contributed by atoms with van der Waals surface area (Å²) in [5.41, 5.74) is 1.90. The normalized spacial score (nSPS) is 14.9. The molecule has 7 nitrogen and oxygen atoms in total. The Kier molecular flexibility index (Phi) is 5.47. The lowest BCUT2D eigenvalue weighted by Gasteiger charge is -2.21. The number of phenols is 2. The fraction of sp³-hybridized carbons (Fsp3) is 0.227. The highest BCUT2D eigenvalue weighted by molar-refractivity contribution is 5.99. The molecule has 0 spiro atoms. The lowest BCUT2D eigenvalue weighted by atomic mass is 10.0. The average Bonchev–Trinajstić information content (AvgIpc) is 2.75. The molecule has 1 aliphatic heterocycles. The van der Waals surface area contributed by atoms with Gasteiger partial charge in [-0.2, -0.15) is 18.3 Å². The number of hydrogen-bond donors (Lipinski definition) is 2. The quantitative estimate of drug-likeness (QED) is 0.466. The lowest BCUT2D eigenvalue weighted by Crippen LogP contribution is -2.28. The van der Waals surface area contributed by atoms with Crippen molar-refractivity contribution in [1.29, 1.82) is 0 Å². The summed E-state index contributed by atoms with van der Waals surface area (Å²) in [4.78, 5) is 13.6. The van der Waals surface area contributed by atoms with Gasteiger partial charge in [0.2, 0.25) is 0 Å². The Hall–Kier alpha value is -3.66. The summed E-state index contributed by atoms with van der Waals surface area (Å²) in [6.45, 7) is 1.66. The van der Waals surface area contributed by atoms with Crippen LogP contribution in [0.15, 0.2) is 42.5 Å². The summed E-state index contributed by atoms with van der Waals surface area (Å²) in [7, 11) is 2.01. The van der Waals surface area contributed by atoms with Crippen LogP contribution in [0.5, 0.6) is 17.2 Å². The number of rotatable bonds is 3. The van der Waals surface area contributed by atoms with Crippen LogP contribution < -0.4 is 4.74 Å². The van der Waals surface area contributed by atoms with E-state index in [1.54, 1.807) is 12.1 Å². The molecular formula is C22H18F3N3O4. The van der Waals surface area contributed by atoms with E-state index in [0.29, 0.717) is 11.1 Å². The van der Waals surface area contributed by atoms with Gasteiger partial charge in [-0.3, -0.25) is 0 Å². The molecule has 2 N–H and O–H groups in total. The van der Waals surface area contributed by atoms with Crippen LogP contribution in [0, 0.1) is 0 Å². The van der Waals surface area contributed by atoms with Crippen LogP contribution in [0.3, 0.4) is 0 Å². The van der Waals surface area contributed by atoms with Gasteiger partial charge in [-0.25, -0.2) is 4.79 Å². The number of alkyl halides is 3. The third kappa shape index (κ3) is 4.22. The number of ether oxygens (including phenoxy) is 1. The van der Waals surface area contributed by atoms with E-state index in [0.717, 1.165) is 31.1 Å². The molecule has 1 aromatic heterocycles. The summed E-state index contributed by atoms with van der Waals surface area (Å²) in [5, 5.41) is 29.0. The van der Waals surface area contributed by atoms with E-state index in [2.05, 4.69) is 19.8 Å². The number of aromatic hydroxyl groups is 2. The number of likely N-dealkylation sites (N-methyl/N-ethyl adjacent to an activating group) is 1. The first kappa shape index (κ1) is 21.6. The summed E-state index contributed by atoms with van der Waals surface area (Å²) in [6.07, 6.45) is -2.43. The Bertz CT molecular complexity index is 1220. The van der Waals surface area contributed by atoms with Crippen molar-refractivity contribution in [2.45, 2.75) is 12.6 Å². The average molecular weight is 445 g/mol. The van der Waals surface area contributed by atoms with Crippen LogP contribution in [-0.4, -0.2) is 57.6 Å². The Balaban J connectivity index is 1.78. The van der Waals surface area contributed by atoms with Crippen molar-refractivity contribution in [3.05, 3.63) is 48.2 Å². The predicted octanol–water partition coefficient (Wildman–Crippen LogP) is 3.89. The van der Waals surface area contributed by atoms with Crippen molar-refractivity contribution >= 4 is 22.3 Å². The zero-order valence-corrected chi connectivity index (χ0v) is 16.8. The van der Waals surface area contributed by atoms with Gasteiger partial charge in [-0.15, -0.1) is 5.10 Å². The minimum absolute atomic E-state index is 0.0320. The van der Waals surface area contributed by atoms with Crippen LogP contribution >= 0.6 is 0 Å². The molecular weight excluding hydrogens is 427 g/mol. The second-order valence-electron chi connectivity index (χ2n) is 7.44. The summed E-state index contributed by atoms with van der Waals surface area (Å²) >= 11 is 0. The van der Waals surface area contributed by atoms with Gasteiger partial charge < -0.3 is 19.8 Å². The Morgan fingerprint density at radius 2 is 1.81 bits per heavy atom. The van der Waals surface area contributed by atoms with E-state index >= 15 is 0 Å². The number of carbonyl (C=O) groups excluding carboxylic acids is 1. The molecule has 4 rings (SSSR count). The number of esters is 1. The first-order valence-corrected chi connectivity index (χ1v) is 9.63. The Labute approximate surface area is 180 Å². The lowest BCUT2D eigenvalue weighted by molar-refractivity contribution is -0.189. The van der Waals surface area contributed by atoms with Gasteiger partial charge in [0, 0.05) is 24.0 Å². The van der Waals surface area contributed by atoms with E-state index in [-0.39, 0.29) is 22.4 Å². The molecule has 0 fully saturated rings. The highest BCUT2D eigenvalue weighted by atomic mass is 19.4. The smallest absolute Gasteiger partial charge is 0.491 e. The third-order valence-electron chi connectivity index (χ3n) is 5.16. The summed E-state index contributed by atoms with van der Waals surface area (Å²) in [6, 6.07) is 8.59. The molecule has 0 bridgehead atoms. The molecule has 0 amide bonds. The highest BCUT2D eigenvalue weighted by Crippen LogP contribution is 2.44. The molecule has 2 heterocycles. The van der Waals surface area contributed by atoms with Crippen molar-refractivity contribution in [1.82, 2.24) is 15.1 Å². The van der Waals surface area contributed by atoms with E-state index in [9.17, 15) is 28.2 Å². The number of phenolic OH excluding ortho intramolecular Hbond substituents is 2. The van der Waals surface area contributed by atoms with E-state index in [4.69, 9.17) is 0 Å². The topological polar surface area (TPSA) is 95.8 Å². The van der Waals surface area contributed by atoms with E-state index in [1.807, 2.05) is 13.1 Å². The number of nitrogens with zero attached hydrogens (tertiary/aromatic N) is 3. The number of benzene rings is 2. The predicted molar refractivity (Wildman–Crippen MR) is 110 cm³/mol. The van der Waals surface area contributed by atoms with Crippen molar-refractivity contribution < 1.29 is 32.9 Å². The number of carbonyl (C=O) groups is 1. The molecule has 0 atom stereocenters. The van der Waals surface area contributed by atoms with Gasteiger partial charge in [0.15, 0.2) is 11.5 Å². The van der Waals surface area contributed by atoms with Gasteiger partial charge >= 0.3 is 12.1 Å². The molecule has 0 radical (unpaired) electrons. The monoisotopic (exact) mass is 445 g/mol. The summed E-state index contributed by atoms with van der Waals surface area (Å²) in [5.74, 6) is -4.21. The van der Waals surface area contributed by atoms with Crippen LogP contribution in [0.4, 0.5) is 13.2 Å². The number of aromatic nitrogens is 2. The number of fused-ring (bicyclic) bond motifs is 1. The minimum atomic E-state index is -5.27. The standard InChI is InChI=1S/C22H18F3N3O4/c1-28-8-6-12(7-9-28)17-4-5-18(27-26-17)16-10-13-2-3-14(29)11-15(13)20(19(16)30)32-21(31)22(23,24)25/h2-6,10-11,29-30H,7-9H2,1H3. The van der Waals surface area contributed by atoms with Crippen LogP contribution in [-0.2, 0) is 4.79 Å². The van der Waals surface area contributed by atoms with Gasteiger partial charge in [0.25, 0.3) is 0 Å². The molecule has 1 aliphatic rings. The van der Waals surface area contributed by atoms with E-state index < -0.39 is 23.6 Å². The Morgan fingerprint density at radius 1 is 1.09 bits per heavy atom. The van der Waals surface area contributed by atoms with Gasteiger partial charge in [0.1, 0.15) is 5.75 Å². The fourth-order valence-electron chi connectivity index (χ4n) is 3.44. The molecule has 166 valence electrons. The highest BCUT2D eigenvalue weighted by Gasteiger charge is 2.42. The van der Waals surface area contributed by atoms with Gasteiger partial charge in [-0.1, -0.05) is 12.1 Å². The maximum absolute atomic E-state index is 12.8. The van der Waals surface area contributed by atoms with Gasteiger partial charge in [0.05, 0.1) is 11.4 Å². The maximum Gasteiger partial charge on any atom is 0.491 e. The first-order valence-electron chi connectivity index (χ1n) is 9.63. The van der Waals surface area contributed by atoms with Crippen molar-refractivity contribution in [3.63, 3.8) is 0 Å². The van der Waals surface area contributed by atoms with Gasteiger partial charge in [-0.05, 0) is 54.8 Å². The van der Waals surface area contributed by atoms with Crippen LogP contribution in [0.1, 0.15) is 12.1 Å².